The minimum atomic E-state index is -0.505. The number of ether oxygens (including phenoxy) is 1. The molecule has 1 heterocycles. The van der Waals surface area contributed by atoms with Gasteiger partial charge < -0.3 is 9.84 Å². The fourth-order valence-electron chi connectivity index (χ4n) is 1.82. The largest absolute Gasteiger partial charge is 0.455 e. The number of pyridine rings is 1. The Labute approximate surface area is 113 Å². The van der Waals surface area contributed by atoms with Crippen molar-refractivity contribution in [1.29, 1.82) is 0 Å². The summed E-state index contributed by atoms with van der Waals surface area (Å²) in [6.45, 7) is 6.02. The number of benzene rings is 1. The molecule has 1 N–H and O–H groups in total. The molecule has 0 spiro atoms. The molecule has 0 aliphatic rings. The number of aliphatic hydroxyl groups is 1. The molecule has 1 aromatic carbocycles. The van der Waals surface area contributed by atoms with E-state index < -0.39 is 6.10 Å². The Bertz CT molecular complexity index is 549. The first-order valence-corrected chi connectivity index (χ1v) is 6.50. The van der Waals surface area contributed by atoms with Crippen LogP contribution in [0.2, 0.25) is 0 Å². The Balaban J connectivity index is 2.18. The highest BCUT2D eigenvalue weighted by Crippen LogP contribution is 2.27. The molecule has 19 heavy (non-hydrogen) atoms. The summed E-state index contributed by atoms with van der Waals surface area (Å²) in [5.41, 5.74) is 3.00. The van der Waals surface area contributed by atoms with Crippen molar-refractivity contribution in [3.63, 3.8) is 0 Å². The second kappa shape index (κ2) is 5.85. The molecular weight excluding hydrogens is 238 g/mol. The normalized spacial score (nSPS) is 12.2. The lowest BCUT2D eigenvalue weighted by Gasteiger charge is -2.11. The van der Waals surface area contributed by atoms with Crippen molar-refractivity contribution in [1.82, 2.24) is 4.98 Å². The molecule has 0 unspecified atom stereocenters. The van der Waals surface area contributed by atoms with E-state index in [0.717, 1.165) is 11.3 Å². The maximum Gasteiger partial charge on any atom is 0.145 e. The molecule has 1 atom stereocenters. The zero-order valence-electron chi connectivity index (χ0n) is 11.6. The van der Waals surface area contributed by atoms with Gasteiger partial charge in [0.1, 0.15) is 11.5 Å². The summed E-state index contributed by atoms with van der Waals surface area (Å²) in [5.74, 6) is 1.52. The second-order valence-corrected chi connectivity index (χ2v) is 4.64. The molecule has 2 aromatic rings. The standard InChI is InChI=1S/C16H19NO2/c1-4-15(18)14-9-8-13(10-17-14)19-16-7-5-6-11(2)12(16)3/h5-10,15,18H,4H2,1-3H3/t15-/m0/s1. The Kier molecular flexibility index (Phi) is 4.17. The third kappa shape index (κ3) is 3.12. The molecular formula is C16H19NO2. The van der Waals surface area contributed by atoms with Crippen LogP contribution in [0.1, 0.15) is 36.3 Å². The molecule has 0 radical (unpaired) electrons. The van der Waals surface area contributed by atoms with Gasteiger partial charge in [0, 0.05) is 0 Å². The lowest BCUT2D eigenvalue weighted by atomic mass is 10.1. The van der Waals surface area contributed by atoms with E-state index >= 15 is 0 Å². The van der Waals surface area contributed by atoms with Crippen molar-refractivity contribution in [3.8, 4) is 11.5 Å². The SMILES string of the molecule is CC[C@H](O)c1ccc(Oc2cccc(C)c2C)cn1. The van der Waals surface area contributed by atoms with E-state index in [4.69, 9.17) is 4.74 Å². The van der Waals surface area contributed by atoms with Crippen LogP contribution < -0.4 is 4.74 Å². The van der Waals surface area contributed by atoms with Crippen molar-refractivity contribution >= 4 is 0 Å². The van der Waals surface area contributed by atoms with Crippen molar-refractivity contribution in [2.24, 2.45) is 0 Å². The third-order valence-corrected chi connectivity index (χ3v) is 3.27. The second-order valence-electron chi connectivity index (χ2n) is 4.64. The monoisotopic (exact) mass is 257 g/mol. The Morgan fingerprint density at radius 3 is 2.63 bits per heavy atom. The topological polar surface area (TPSA) is 42.4 Å². The minimum Gasteiger partial charge on any atom is -0.455 e. The van der Waals surface area contributed by atoms with E-state index in [1.165, 1.54) is 5.56 Å². The van der Waals surface area contributed by atoms with Crippen LogP contribution in [0.5, 0.6) is 11.5 Å². The summed E-state index contributed by atoms with van der Waals surface area (Å²) >= 11 is 0. The highest BCUT2D eigenvalue weighted by atomic mass is 16.5. The zero-order valence-corrected chi connectivity index (χ0v) is 11.6. The van der Waals surface area contributed by atoms with Crippen LogP contribution in [0, 0.1) is 13.8 Å². The first kappa shape index (κ1) is 13.6. The highest BCUT2D eigenvalue weighted by Gasteiger charge is 2.07. The van der Waals surface area contributed by atoms with Gasteiger partial charge in [-0.25, -0.2) is 0 Å². The highest BCUT2D eigenvalue weighted by molar-refractivity contribution is 5.41. The molecule has 0 saturated heterocycles. The molecule has 1 aromatic heterocycles. The van der Waals surface area contributed by atoms with Crippen LogP contribution in [-0.2, 0) is 0 Å². The van der Waals surface area contributed by atoms with Crippen molar-refractivity contribution in [3.05, 3.63) is 53.3 Å². The minimum absolute atomic E-state index is 0.505. The van der Waals surface area contributed by atoms with Crippen molar-refractivity contribution in [2.75, 3.05) is 0 Å². The van der Waals surface area contributed by atoms with E-state index in [0.29, 0.717) is 17.9 Å². The average Bonchev–Trinajstić information content (AvgIpc) is 2.44. The number of aromatic nitrogens is 1. The van der Waals surface area contributed by atoms with E-state index in [1.54, 1.807) is 12.3 Å². The van der Waals surface area contributed by atoms with E-state index in [9.17, 15) is 5.11 Å². The van der Waals surface area contributed by atoms with Crippen LogP contribution in [-0.4, -0.2) is 10.1 Å². The number of aliphatic hydroxyl groups excluding tert-OH is 1. The van der Waals surface area contributed by atoms with Crippen LogP contribution >= 0.6 is 0 Å². The lowest BCUT2D eigenvalue weighted by Crippen LogP contribution is -1.98. The summed E-state index contributed by atoms with van der Waals surface area (Å²) in [6, 6.07) is 9.61. The van der Waals surface area contributed by atoms with Gasteiger partial charge in [-0.15, -0.1) is 0 Å². The molecule has 0 saturated carbocycles. The van der Waals surface area contributed by atoms with Crippen LogP contribution in [0.4, 0.5) is 0 Å². The molecule has 0 bridgehead atoms. The summed E-state index contributed by atoms with van der Waals surface area (Å²) in [6.07, 6.45) is 1.80. The quantitative estimate of drug-likeness (QED) is 0.902. The average molecular weight is 257 g/mol. The Morgan fingerprint density at radius 2 is 2.00 bits per heavy atom. The molecule has 3 nitrogen and oxygen atoms in total. The maximum atomic E-state index is 9.69. The van der Waals surface area contributed by atoms with Crippen LogP contribution in [0.25, 0.3) is 0 Å². The smallest absolute Gasteiger partial charge is 0.145 e. The van der Waals surface area contributed by atoms with Crippen LogP contribution in [0.15, 0.2) is 36.5 Å². The van der Waals surface area contributed by atoms with E-state index in [2.05, 4.69) is 18.0 Å². The predicted molar refractivity (Wildman–Crippen MR) is 75.5 cm³/mol. The van der Waals surface area contributed by atoms with Gasteiger partial charge in [0.15, 0.2) is 0 Å². The maximum absolute atomic E-state index is 9.69. The summed E-state index contributed by atoms with van der Waals surface area (Å²) in [5, 5.41) is 9.69. The predicted octanol–water partition coefficient (Wildman–Crippen LogP) is 3.93. The molecule has 0 aliphatic heterocycles. The van der Waals surface area contributed by atoms with E-state index in [-0.39, 0.29) is 0 Å². The summed E-state index contributed by atoms with van der Waals surface area (Å²) in [7, 11) is 0. The number of hydrogen-bond acceptors (Lipinski definition) is 3. The summed E-state index contributed by atoms with van der Waals surface area (Å²) < 4.78 is 5.81. The molecule has 0 amide bonds. The molecule has 2 rings (SSSR count). The first-order chi connectivity index (χ1) is 9.11. The fourth-order valence-corrected chi connectivity index (χ4v) is 1.82. The van der Waals surface area contributed by atoms with Crippen molar-refractivity contribution in [2.45, 2.75) is 33.3 Å². The number of aryl methyl sites for hydroxylation is 1. The Morgan fingerprint density at radius 1 is 1.21 bits per heavy atom. The van der Waals surface area contributed by atoms with Gasteiger partial charge in [-0.1, -0.05) is 19.1 Å². The van der Waals surface area contributed by atoms with Crippen LogP contribution in [0.3, 0.4) is 0 Å². The summed E-state index contributed by atoms with van der Waals surface area (Å²) in [4.78, 5) is 4.22. The molecule has 3 heteroatoms. The van der Waals surface area contributed by atoms with Gasteiger partial charge in [-0.3, -0.25) is 4.98 Å². The number of nitrogens with zero attached hydrogens (tertiary/aromatic N) is 1. The fraction of sp³-hybridized carbons (Fsp3) is 0.312. The van der Waals surface area contributed by atoms with Gasteiger partial charge in [0.2, 0.25) is 0 Å². The van der Waals surface area contributed by atoms with E-state index in [1.807, 2.05) is 32.0 Å². The number of hydrogen-bond donors (Lipinski definition) is 1. The van der Waals surface area contributed by atoms with Crippen molar-refractivity contribution < 1.29 is 9.84 Å². The van der Waals surface area contributed by atoms with Gasteiger partial charge in [0.25, 0.3) is 0 Å². The number of rotatable bonds is 4. The van der Waals surface area contributed by atoms with Gasteiger partial charge in [-0.05, 0) is 49.6 Å². The molecule has 0 aliphatic carbocycles. The molecule has 100 valence electrons. The van der Waals surface area contributed by atoms with Gasteiger partial charge in [0.05, 0.1) is 18.0 Å². The lowest BCUT2D eigenvalue weighted by molar-refractivity contribution is 0.169. The van der Waals surface area contributed by atoms with Gasteiger partial charge in [-0.2, -0.15) is 0 Å². The van der Waals surface area contributed by atoms with Gasteiger partial charge >= 0.3 is 0 Å². The molecule has 0 fully saturated rings. The zero-order chi connectivity index (χ0) is 13.8. The first-order valence-electron chi connectivity index (χ1n) is 6.50. The third-order valence-electron chi connectivity index (χ3n) is 3.27. The Hall–Kier alpha value is -1.87.